The van der Waals surface area contributed by atoms with Gasteiger partial charge < -0.3 is 0 Å². The highest BCUT2D eigenvalue weighted by molar-refractivity contribution is 6.31. The second-order valence-corrected chi connectivity index (χ2v) is 6.59. The average Bonchev–Trinajstić information content (AvgIpc) is 3.39. The minimum Gasteiger partial charge on any atom is -0.292 e. The lowest BCUT2D eigenvalue weighted by Crippen LogP contribution is -2.24. The van der Waals surface area contributed by atoms with Crippen LogP contribution in [0.3, 0.4) is 0 Å². The van der Waals surface area contributed by atoms with Gasteiger partial charge in [0.25, 0.3) is 0 Å². The second-order valence-electron chi connectivity index (χ2n) is 6.15. The van der Waals surface area contributed by atoms with Gasteiger partial charge in [0.05, 0.1) is 11.2 Å². The summed E-state index contributed by atoms with van der Waals surface area (Å²) in [6.07, 6.45) is 3.62. The van der Waals surface area contributed by atoms with Crippen LogP contribution in [0.25, 0.3) is 22.2 Å². The molecule has 0 amide bonds. The third-order valence-corrected chi connectivity index (χ3v) is 4.68. The van der Waals surface area contributed by atoms with E-state index in [1.807, 2.05) is 48.5 Å². The smallest absolute Gasteiger partial charge is 0.292 e. The molecule has 1 saturated carbocycles. The molecule has 0 aliphatic heterocycles. The van der Waals surface area contributed by atoms with E-state index >= 15 is 0 Å². The third kappa shape index (κ3) is 2.89. The molecule has 116 valence electrons. The average molecular weight is 325 g/mol. The van der Waals surface area contributed by atoms with E-state index in [1.54, 1.807) is 4.57 Å². The Bertz CT molecular complexity index is 914. The monoisotopic (exact) mass is 324 g/mol. The molecule has 1 aliphatic carbocycles. The Kier molecular flexibility index (Phi) is 3.66. The molecule has 1 fully saturated rings. The minimum atomic E-state index is -0.181. The maximum atomic E-state index is 12.6. The van der Waals surface area contributed by atoms with Gasteiger partial charge in [-0.25, -0.2) is 4.79 Å². The maximum absolute atomic E-state index is 12.6. The van der Waals surface area contributed by atoms with Crippen LogP contribution in [0.5, 0.6) is 0 Å². The number of fused-ring (bicyclic) bond motifs is 1. The normalized spacial score (nSPS) is 14.3. The number of nitrogens with zero attached hydrogens (tertiary/aromatic N) is 2. The molecule has 1 aromatic heterocycles. The number of hydrogen-bond acceptors (Lipinski definition) is 2. The van der Waals surface area contributed by atoms with Gasteiger partial charge in [-0.05, 0) is 30.5 Å². The quantitative estimate of drug-likeness (QED) is 0.707. The number of rotatable bonds is 4. The predicted molar refractivity (Wildman–Crippen MR) is 93.8 cm³/mol. The molecule has 0 atom stereocenters. The molecule has 0 bridgehead atoms. The molecule has 2 aromatic carbocycles. The molecular formula is C19H17ClN2O. The van der Waals surface area contributed by atoms with E-state index in [0.717, 1.165) is 35.3 Å². The molecule has 1 aliphatic rings. The van der Waals surface area contributed by atoms with Crippen LogP contribution in [0.2, 0.25) is 5.02 Å². The van der Waals surface area contributed by atoms with Crippen LogP contribution < -0.4 is 5.69 Å². The van der Waals surface area contributed by atoms with E-state index in [-0.39, 0.29) is 5.69 Å². The fourth-order valence-electron chi connectivity index (χ4n) is 3.00. The van der Waals surface area contributed by atoms with Gasteiger partial charge in [-0.3, -0.25) is 4.57 Å². The van der Waals surface area contributed by atoms with Gasteiger partial charge in [0, 0.05) is 22.5 Å². The van der Waals surface area contributed by atoms with Gasteiger partial charge in [0.2, 0.25) is 0 Å². The number of aryl methyl sites for hydroxylation is 1. The summed E-state index contributed by atoms with van der Waals surface area (Å²) in [6.45, 7) is 0.726. The molecule has 3 nitrogen and oxygen atoms in total. The number of benzene rings is 2. The largest absolute Gasteiger partial charge is 0.348 e. The number of halogens is 1. The molecule has 0 radical (unpaired) electrons. The Morgan fingerprint density at radius 1 is 1.13 bits per heavy atom. The van der Waals surface area contributed by atoms with Crippen molar-refractivity contribution in [3.05, 3.63) is 64.0 Å². The molecule has 4 heteroatoms. The maximum Gasteiger partial charge on any atom is 0.348 e. The highest BCUT2D eigenvalue weighted by Crippen LogP contribution is 2.33. The topological polar surface area (TPSA) is 34.9 Å². The van der Waals surface area contributed by atoms with Crippen LogP contribution in [0, 0.1) is 5.92 Å². The van der Waals surface area contributed by atoms with Gasteiger partial charge >= 0.3 is 5.69 Å². The van der Waals surface area contributed by atoms with Crippen molar-refractivity contribution in [2.24, 2.45) is 5.92 Å². The summed E-state index contributed by atoms with van der Waals surface area (Å²) < 4.78 is 1.79. The Labute approximate surface area is 139 Å². The summed E-state index contributed by atoms with van der Waals surface area (Å²) in [5.41, 5.74) is 2.37. The zero-order valence-corrected chi connectivity index (χ0v) is 13.5. The first-order valence-corrected chi connectivity index (χ1v) is 8.36. The van der Waals surface area contributed by atoms with Crippen molar-refractivity contribution in [1.82, 2.24) is 9.55 Å². The van der Waals surface area contributed by atoms with Crippen LogP contribution in [-0.2, 0) is 6.54 Å². The van der Waals surface area contributed by atoms with E-state index in [2.05, 4.69) is 4.98 Å². The van der Waals surface area contributed by atoms with Crippen molar-refractivity contribution < 1.29 is 0 Å². The van der Waals surface area contributed by atoms with Crippen molar-refractivity contribution in [3.63, 3.8) is 0 Å². The molecule has 3 aromatic rings. The summed E-state index contributed by atoms with van der Waals surface area (Å²) in [6, 6.07) is 15.5. The first kappa shape index (κ1) is 14.5. The summed E-state index contributed by atoms with van der Waals surface area (Å²) in [4.78, 5) is 16.9. The summed E-state index contributed by atoms with van der Waals surface area (Å²) >= 11 is 6.19. The Balaban J connectivity index is 1.92. The van der Waals surface area contributed by atoms with E-state index in [9.17, 15) is 4.79 Å². The van der Waals surface area contributed by atoms with Gasteiger partial charge in [0.1, 0.15) is 0 Å². The Hall–Kier alpha value is -2.13. The number of hydrogen-bond donors (Lipinski definition) is 0. The molecular weight excluding hydrogens is 308 g/mol. The number of aromatic nitrogens is 2. The minimum absolute atomic E-state index is 0.181. The second kappa shape index (κ2) is 5.82. The highest BCUT2D eigenvalue weighted by Gasteiger charge is 2.21. The van der Waals surface area contributed by atoms with Crippen molar-refractivity contribution in [1.29, 1.82) is 0 Å². The van der Waals surface area contributed by atoms with Crippen molar-refractivity contribution in [2.75, 3.05) is 0 Å². The zero-order valence-electron chi connectivity index (χ0n) is 12.7. The standard InChI is InChI=1S/C19H17ClN2O/c20-15-8-9-17-16(12-15)18(14-4-2-1-3-5-14)21-19(23)22(17)11-10-13-6-7-13/h1-5,8-9,12-13H,6-7,10-11H2. The van der Waals surface area contributed by atoms with Crippen LogP contribution in [0.4, 0.5) is 0 Å². The fraction of sp³-hybridized carbons (Fsp3) is 0.263. The lowest BCUT2D eigenvalue weighted by atomic mass is 10.1. The summed E-state index contributed by atoms with van der Waals surface area (Å²) in [5, 5.41) is 1.59. The fourth-order valence-corrected chi connectivity index (χ4v) is 3.18. The molecule has 0 spiro atoms. The lowest BCUT2D eigenvalue weighted by Gasteiger charge is -2.13. The van der Waals surface area contributed by atoms with Crippen molar-refractivity contribution in [2.45, 2.75) is 25.8 Å². The van der Waals surface area contributed by atoms with Crippen LogP contribution in [-0.4, -0.2) is 9.55 Å². The Morgan fingerprint density at radius 2 is 1.91 bits per heavy atom. The summed E-state index contributed by atoms with van der Waals surface area (Å²) in [5.74, 6) is 0.776. The van der Waals surface area contributed by atoms with E-state index in [1.165, 1.54) is 12.8 Å². The van der Waals surface area contributed by atoms with Crippen LogP contribution >= 0.6 is 11.6 Å². The van der Waals surface area contributed by atoms with Crippen LogP contribution in [0.1, 0.15) is 19.3 Å². The van der Waals surface area contributed by atoms with Crippen LogP contribution in [0.15, 0.2) is 53.3 Å². The first-order chi connectivity index (χ1) is 11.2. The van der Waals surface area contributed by atoms with E-state index < -0.39 is 0 Å². The molecule has 1 heterocycles. The van der Waals surface area contributed by atoms with E-state index in [4.69, 9.17) is 11.6 Å². The zero-order chi connectivity index (χ0) is 15.8. The van der Waals surface area contributed by atoms with Crippen molar-refractivity contribution >= 4 is 22.5 Å². The van der Waals surface area contributed by atoms with E-state index in [0.29, 0.717) is 10.7 Å². The third-order valence-electron chi connectivity index (χ3n) is 4.45. The van der Waals surface area contributed by atoms with Crippen molar-refractivity contribution in [3.8, 4) is 11.3 Å². The van der Waals surface area contributed by atoms with Gasteiger partial charge in [-0.15, -0.1) is 0 Å². The van der Waals surface area contributed by atoms with Gasteiger partial charge in [0.15, 0.2) is 0 Å². The summed E-state index contributed by atoms with van der Waals surface area (Å²) in [7, 11) is 0. The molecule has 0 N–H and O–H groups in total. The first-order valence-electron chi connectivity index (χ1n) is 7.98. The van der Waals surface area contributed by atoms with Gasteiger partial charge in [-0.1, -0.05) is 54.8 Å². The lowest BCUT2D eigenvalue weighted by molar-refractivity contribution is 0.587. The predicted octanol–water partition coefficient (Wildman–Crippen LogP) is 4.52. The molecule has 4 rings (SSSR count). The SMILES string of the molecule is O=c1nc(-c2ccccc2)c2cc(Cl)ccc2n1CCC1CC1. The molecule has 0 unspecified atom stereocenters. The highest BCUT2D eigenvalue weighted by atomic mass is 35.5. The molecule has 23 heavy (non-hydrogen) atoms. The Morgan fingerprint density at radius 3 is 2.65 bits per heavy atom. The van der Waals surface area contributed by atoms with Gasteiger partial charge in [-0.2, -0.15) is 4.98 Å². The molecule has 0 saturated heterocycles.